The molecule has 0 fully saturated rings. The number of aryl methyl sites for hydroxylation is 1. The van der Waals surface area contributed by atoms with Crippen molar-refractivity contribution in [3.63, 3.8) is 0 Å². The third kappa shape index (κ3) is 3.75. The minimum absolute atomic E-state index is 0.0642. The first kappa shape index (κ1) is 14.9. The van der Waals surface area contributed by atoms with E-state index in [2.05, 4.69) is 47.1 Å². The van der Waals surface area contributed by atoms with Gasteiger partial charge < -0.3 is 0 Å². The van der Waals surface area contributed by atoms with E-state index < -0.39 is 0 Å². The van der Waals surface area contributed by atoms with E-state index in [9.17, 15) is 0 Å². The summed E-state index contributed by atoms with van der Waals surface area (Å²) in [6.45, 7) is 2.19. The maximum Gasteiger partial charge on any atom is 0.0659 e. The Labute approximate surface area is 132 Å². The summed E-state index contributed by atoms with van der Waals surface area (Å²) in [4.78, 5) is 0.0642. The van der Waals surface area contributed by atoms with Crippen LogP contribution in [0.4, 0.5) is 0 Å². The smallest absolute Gasteiger partial charge is 0.0659 e. The Morgan fingerprint density at radius 3 is 2.37 bits per heavy atom. The lowest BCUT2D eigenvalue weighted by Crippen LogP contribution is -1.94. The molecule has 0 aliphatic heterocycles. The van der Waals surface area contributed by atoms with Crippen molar-refractivity contribution in [1.82, 2.24) is 0 Å². The third-order valence-electron chi connectivity index (χ3n) is 3.04. The van der Waals surface area contributed by atoms with Crippen LogP contribution in [0, 0.1) is 0 Å². The van der Waals surface area contributed by atoms with Gasteiger partial charge in [0.1, 0.15) is 0 Å². The highest BCUT2D eigenvalue weighted by Gasteiger charge is 2.14. The van der Waals surface area contributed by atoms with Gasteiger partial charge >= 0.3 is 0 Å². The molecule has 0 spiro atoms. The summed E-state index contributed by atoms with van der Waals surface area (Å²) in [7, 11) is 0. The molecular formula is C16H15BrCl2. The molecule has 0 aliphatic rings. The van der Waals surface area contributed by atoms with Crippen LogP contribution in [0.1, 0.15) is 34.9 Å². The molecular weight excluding hydrogens is 343 g/mol. The van der Waals surface area contributed by atoms with Gasteiger partial charge in [0.25, 0.3) is 0 Å². The summed E-state index contributed by atoms with van der Waals surface area (Å²) in [5.41, 5.74) is 3.55. The Morgan fingerprint density at radius 1 is 1.05 bits per heavy atom. The zero-order chi connectivity index (χ0) is 13.8. The van der Waals surface area contributed by atoms with Crippen LogP contribution >= 0.6 is 39.1 Å². The lowest BCUT2D eigenvalue weighted by atomic mass is 10.0. The average molecular weight is 358 g/mol. The maximum absolute atomic E-state index is 6.23. The van der Waals surface area contributed by atoms with Crippen LogP contribution in [0.25, 0.3) is 0 Å². The third-order valence-corrected chi connectivity index (χ3v) is 4.64. The first-order valence-electron chi connectivity index (χ1n) is 6.29. The summed E-state index contributed by atoms with van der Waals surface area (Å²) >= 11 is 16.0. The van der Waals surface area contributed by atoms with Gasteiger partial charge in [-0.25, -0.2) is 0 Å². The summed E-state index contributed by atoms with van der Waals surface area (Å²) in [6.07, 6.45) is 2.28. The van der Waals surface area contributed by atoms with E-state index in [1.54, 1.807) is 6.07 Å². The van der Waals surface area contributed by atoms with Crippen LogP contribution in [-0.2, 0) is 6.42 Å². The average Bonchev–Trinajstić information content (AvgIpc) is 2.42. The number of hydrogen-bond acceptors (Lipinski definition) is 0. The molecule has 2 rings (SSSR count). The summed E-state index contributed by atoms with van der Waals surface area (Å²) in [5.74, 6) is 0. The SMILES string of the molecule is CCCc1ccc(C(Br)c2cc(Cl)ccc2Cl)cc1. The zero-order valence-corrected chi connectivity index (χ0v) is 13.8. The summed E-state index contributed by atoms with van der Waals surface area (Å²) < 4.78 is 0. The van der Waals surface area contributed by atoms with Gasteiger partial charge in [-0.1, -0.05) is 76.7 Å². The molecule has 0 N–H and O–H groups in total. The van der Waals surface area contributed by atoms with E-state index in [0.717, 1.165) is 23.4 Å². The second kappa shape index (κ2) is 6.78. The van der Waals surface area contributed by atoms with Crippen molar-refractivity contribution in [2.24, 2.45) is 0 Å². The number of alkyl halides is 1. The fraction of sp³-hybridized carbons (Fsp3) is 0.250. The molecule has 19 heavy (non-hydrogen) atoms. The molecule has 0 radical (unpaired) electrons. The van der Waals surface area contributed by atoms with Crippen LogP contribution in [-0.4, -0.2) is 0 Å². The fourth-order valence-corrected chi connectivity index (χ4v) is 3.25. The molecule has 0 aliphatic carbocycles. The van der Waals surface area contributed by atoms with Crippen LogP contribution in [0.5, 0.6) is 0 Å². The van der Waals surface area contributed by atoms with Crippen LogP contribution < -0.4 is 0 Å². The Morgan fingerprint density at radius 2 is 1.74 bits per heavy atom. The Kier molecular flexibility index (Phi) is 5.32. The molecule has 2 aromatic rings. The molecule has 1 atom stereocenters. The molecule has 0 heterocycles. The largest absolute Gasteiger partial charge is 0.0843 e. The van der Waals surface area contributed by atoms with Crippen molar-refractivity contribution in [2.75, 3.05) is 0 Å². The molecule has 0 aromatic heterocycles. The van der Waals surface area contributed by atoms with Gasteiger partial charge in [-0.2, -0.15) is 0 Å². The van der Waals surface area contributed by atoms with Crippen LogP contribution in [0.2, 0.25) is 10.0 Å². The minimum Gasteiger partial charge on any atom is -0.0843 e. The van der Waals surface area contributed by atoms with Crippen molar-refractivity contribution in [3.05, 3.63) is 69.2 Å². The van der Waals surface area contributed by atoms with Crippen molar-refractivity contribution in [2.45, 2.75) is 24.6 Å². The minimum atomic E-state index is 0.0642. The standard InChI is InChI=1S/C16H15BrCl2/c1-2-3-11-4-6-12(7-5-11)16(17)14-10-13(18)8-9-15(14)19/h4-10,16H,2-3H2,1H3. The van der Waals surface area contributed by atoms with E-state index in [1.165, 1.54) is 11.1 Å². The Balaban J connectivity index is 2.27. The summed E-state index contributed by atoms with van der Waals surface area (Å²) in [5, 5.41) is 1.43. The van der Waals surface area contributed by atoms with Gasteiger partial charge in [0, 0.05) is 10.0 Å². The first-order chi connectivity index (χ1) is 9.11. The first-order valence-corrected chi connectivity index (χ1v) is 7.97. The quantitative estimate of drug-likeness (QED) is 0.553. The van der Waals surface area contributed by atoms with Gasteiger partial charge in [0.15, 0.2) is 0 Å². The number of hydrogen-bond donors (Lipinski definition) is 0. The molecule has 100 valence electrons. The molecule has 3 heteroatoms. The number of halogens is 3. The Bertz CT molecular complexity index is 549. The molecule has 0 saturated carbocycles. The molecule has 1 unspecified atom stereocenters. The van der Waals surface area contributed by atoms with Gasteiger partial charge in [-0.05, 0) is 41.3 Å². The zero-order valence-electron chi connectivity index (χ0n) is 10.7. The predicted molar refractivity (Wildman–Crippen MR) is 87.7 cm³/mol. The van der Waals surface area contributed by atoms with Crippen LogP contribution in [0.3, 0.4) is 0 Å². The number of benzene rings is 2. The Hall–Kier alpha value is -0.500. The predicted octanol–water partition coefficient (Wildman–Crippen LogP) is 6.43. The lowest BCUT2D eigenvalue weighted by Gasteiger charge is -2.13. The molecule has 0 nitrogen and oxygen atoms in total. The molecule has 0 saturated heterocycles. The van der Waals surface area contributed by atoms with E-state index in [4.69, 9.17) is 23.2 Å². The van der Waals surface area contributed by atoms with E-state index >= 15 is 0 Å². The monoisotopic (exact) mass is 356 g/mol. The molecule has 0 bridgehead atoms. The number of rotatable bonds is 4. The maximum atomic E-state index is 6.23. The highest BCUT2D eigenvalue weighted by Crippen LogP contribution is 2.36. The fourth-order valence-electron chi connectivity index (χ4n) is 2.03. The van der Waals surface area contributed by atoms with Crippen molar-refractivity contribution >= 4 is 39.1 Å². The topological polar surface area (TPSA) is 0 Å². The normalized spacial score (nSPS) is 12.4. The highest BCUT2D eigenvalue weighted by atomic mass is 79.9. The van der Waals surface area contributed by atoms with E-state index in [1.807, 2.05) is 12.1 Å². The van der Waals surface area contributed by atoms with E-state index in [0.29, 0.717) is 5.02 Å². The second-order valence-corrected chi connectivity index (χ2v) is 6.28. The molecule has 0 amide bonds. The van der Waals surface area contributed by atoms with Gasteiger partial charge in [-0.15, -0.1) is 0 Å². The van der Waals surface area contributed by atoms with Gasteiger partial charge in [-0.3, -0.25) is 0 Å². The highest BCUT2D eigenvalue weighted by molar-refractivity contribution is 9.09. The van der Waals surface area contributed by atoms with Crippen molar-refractivity contribution in [3.8, 4) is 0 Å². The van der Waals surface area contributed by atoms with Gasteiger partial charge in [0.05, 0.1) is 4.83 Å². The van der Waals surface area contributed by atoms with Crippen molar-refractivity contribution < 1.29 is 0 Å². The van der Waals surface area contributed by atoms with Gasteiger partial charge in [0.2, 0.25) is 0 Å². The molecule has 2 aromatic carbocycles. The van der Waals surface area contributed by atoms with E-state index in [-0.39, 0.29) is 4.83 Å². The lowest BCUT2D eigenvalue weighted by molar-refractivity contribution is 0.920. The van der Waals surface area contributed by atoms with Crippen LogP contribution in [0.15, 0.2) is 42.5 Å². The summed E-state index contributed by atoms with van der Waals surface area (Å²) in [6, 6.07) is 14.2. The second-order valence-electron chi connectivity index (χ2n) is 4.52. The van der Waals surface area contributed by atoms with Crippen molar-refractivity contribution in [1.29, 1.82) is 0 Å².